The highest BCUT2D eigenvalue weighted by atomic mass is 16.2. The van der Waals surface area contributed by atoms with E-state index in [1.165, 1.54) is 10.7 Å². The summed E-state index contributed by atoms with van der Waals surface area (Å²) in [6.07, 6.45) is 1.74. The van der Waals surface area contributed by atoms with E-state index in [4.69, 9.17) is 0 Å². The fraction of sp³-hybridized carbons (Fsp3) is 0.261. The zero-order valence-corrected chi connectivity index (χ0v) is 16.4. The van der Waals surface area contributed by atoms with E-state index in [9.17, 15) is 9.59 Å². The van der Waals surface area contributed by atoms with Crippen molar-refractivity contribution in [2.45, 2.75) is 12.8 Å². The Morgan fingerprint density at radius 1 is 1.03 bits per heavy atom. The van der Waals surface area contributed by atoms with Crippen LogP contribution in [0.25, 0.3) is 11.1 Å². The molecule has 2 heterocycles. The van der Waals surface area contributed by atoms with Crippen LogP contribution in [-0.2, 0) is 11.8 Å². The molecule has 6 nitrogen and oxygen atoms in total. The van der Waals surface area contributed by atoms with Gasteiger partial charge in [-0.1, -0.05) is 48.5 Å². The van der Waals surface area contributed by atoms with Crippen LogP contribution in [0.2, 0.25) is 0 Å². The molecule has 1 amide bonds. The summed E-state index contributed by atoms with van der Waals surface area (Å²) < 4.78 is 1.33. The van der Waals surface area contributed by atoms with E-state index < -0.39 is 0 Å². The summed E-state index contributed by atoms with van der Waals surface area (Å²) in [5, 5.41) is 7.46. The number of rotatable bonds is 4. The maximum absolute atomic E-state index is 13.0. The number of para-hydroxylation sites is 1. The lowest BCUT2D eigenvalue weighted by Crippen LogP contribution is -2.41. The lowest BCUT2D eigenvalue weighted by atomic mass is 9.96. The molecule has 1 fully saturated rings. The van der Waals surface area contributed by atoms with Gasteiger partial charge in [0.2, 0.25) is 5.91 Å². The summed E-state index contributed by atoms with van der Waals surface area (Å²) in [6, 6.07) is 21.2. The van der Waals surface area contributed by atoms with Crippen LogP contribution in [0.15, 0.2) is 71.5 Å². The highest BCUT2D eigenvalue weighted by Gasteiger charge is 2.27. The van der Waals surface area contributed by atoms with E-state index in [0.717, 1.165) is 42.0 Å². The molecule has 0 unspecified atom stereocenters. The molecule has 148 valence electrons. The summed E-state index contributed by atoms with van der Waals surface area (Å²) in [4.78, 5) is 26.7. The lowest BCUT2D eigenvalue weighted by molar-refractivity contribution is -0.120. The average molecular weight is 388 g/mol. The molecule has 0 spiro atoms. The van der Waals surface area contributed by atoms with Crippen molar-refractivity contribution in [3.8, 4) is 11.1 Å². The van der Waals surface area contributed by atoms with E-state index in [-0.39, 0.29) is 17.4 Å². The Kier molecular flexibility index (Phi) is 5.42. The average Bonchev–Trinajstić information content (AvgIpc) is 2.77. The van der Waals surface area contributed by atoms with Crippen molar-refractivity contribution in [1.29, 1.82) is 0 Å². The van der Waals surface area contributed by atoms with Gasteiger partial charge in [-0.05, 0) is 30.5 Å². The first-order valence-electron chi connectivity index (χ1n) is 9.86. The Bertz CT molecular complexity index is 1060. The van der Waals surface area contributed by atoms with Crippen LogP contribution >= 0.6 is 0 Å². The summed E-state index contributed by atoms with van der Waals surface area (Å²) in [5.74, 6) is 0.615. The van der Waals surface area contributed by atoms with E-state index in [0.29, 0.717) is 6.54 Å². The van der Waals surface area contributed by atoms with Crippen molar-refractivity contribution in [2.75, 3.05) is 23.3 Å². The predicted octanol–water partition coefficient (Wildman–Crippen LogP) is 3.30. The molecule has 6 heteroatoms. The van der Waals surface area contributed by atoms with E-state index >= 15 is 0 Å². The Balaban J connectivity index is 1.50. The molecule has 1 aromatic heterocycles. The molecule has 1 aliphatic heterocycles. The minimum Gasteiger partial charge on any atom is -0.354 e. The van der Waals surface area contributed by atoms with E-state index in [1.807, 2.05) is 54.6 Å². The molecule has 0 radical (unpaired) electrons. The van der Waals surface area contributed by atoms with Crippen LogP contribution in [-0.4, -0.2) is 28.8 Å². The fourth-order valence-electron chi connectivity index (χ4n) is 3.75. The van der Waals surface area contributed by atoms with Gasteiger partial charge in [0.15, 0.2) is 0 Å². The first-order valence-corrected chi connectivity index (χ1v) is 9.86. The van der Waals surface area contributed by atoms with Crippen LogP contribution in [0.5, 0.6) is 0 Å². The monoisotopic (exact) mass is 388 g/mol. The van der Waals surface area contributed by atoms with Gasteiger partial charge in [0.1, 0.15) is 5.82 Å². The topological polar surface area (TPSA) is 67.2 Å². The SMILES string of the molecule is Cn1nc(N2CCC[C@H](C(=O)Nc3ccccc3-c3ccccc3)C2)ccc1=O. The van der Waals surface area contributed by atoms with Gasteiger partial charge in [-0.3, -0.25) is 9.59 Å². The Morgan fingerprint density at radius 2 is 1.79 bits per heavy atom. The zero-order valence-electron chi connectivity index (χ0n) is 16.4. The minimum atomic E-state index is -0.141. The first kappa shape index (κ1) is 18.9. The maximum atomic E-state index is 13.0. The number of nitrogens with one attached hydrogen (secondary N) is 1. The fourth-order valence-corrected chi connectivity index (χ4v) is 3.75. The molecule has 0 saturated carbocycles. The molecule has 1 aliphatic rings. The number of piperidine rings is 1. The number of carbonyl (C=O) groups excluding carboxylic acids is 1. The molecule has 1 saturated heterocycles. The van der Waals surface area contributed by atoms with Crippen LogP contribution in [0.4, 0.5) is 11.5 Å². The Hall–Kier alpha value is -3.41. The van der Waals surface area contributed by atoms with Gasteiger partial charge in [0.05, 0.1) is 5.92 Å². The van der Waals surface area contributed by atoms with Crippen LogP contribution in [0, 0.1) is 5.92 Å². The summed E-state index contributed by atoms with van der Waals surface area (Å²) in [7, 11) is 1.64. The van der Waals surface area contributed by atoms with Crippen LogP contribution in [0.1, 0.15) is 12.8 Å². The number of aromatic nitrogens is 2. The Labute approximate surface area is 169 Å². The third kappa shape index (κ3) is 4.21. The lowest BCUT2D eigenvalue weighted by Gasteiger charge is -2.33. The van der Waals surface area contributed by atoms with Gasteiger partial charge in [0.25, 0.3) is 5.56 Å². The number of anilines is 2. The molecule has 0 aliphatic carbocycles. The number of amides is 1. The van der Waals surface area contributed by atoms with E-state index in [2.05, 4.69) is 15.3 Å². The van der Waals surface area contributed by atoms with Crippen molar-refractivity contribution in [2.24, 2.45) is 13.0 Å². The predicted molar refractivity (Wildman–Crippen MR) is 115 cm³/mol. The molecule has 3 aromatic rings. The molecule has 29 heavy (non-hydrogen) atoms. The highest BCUT2D eigenvalue weighted by Crippen LogP contribution is 2.29. The molecular formula is C23H24N4O2. The van der Waals surface area contributed by atoms with Crippen molar-refractivity contribution < 1.29 is 4.79 Å². The third-order valence-corrected chi connectivity index (χ3v) is 5.33. The second-order valence-electron chi connectivity index (χ2n) is 7.34. The normalized spacial score (nSPS) is 16.4. The molecule has 4 rings (SSSR count). The molecular weight excluding hydrogens is 364 g/mol. The van der Waals surface area contributed by atoms with Crippen molar-refractivity contribution in [3.63, 3.8) is 0 Å². The van der Waals surface area contributed by atoms with E-state index in [1.54, 1.807) is 13.1 Å². The molecule has 0 bridgehead atoms. The molecule has 1 atom stereocenters. The van der Waals surface area contributed by atoms with Crippen molar-refractivity contribution in [1.82, 2.24) is 9.78 Å². The number of aryl methyl sites for hydroxylation is 1. The van der Waals surface area contributed by atoms with Crippen LogP contribution < -0.4 is 15.8 Å². The number of carbonyl (C=O) groups is 1. The van der Waals surface area contributed by atoms with Crippen LogP contribution in [0.3, 0.4) is 0 Å². The molecule has 1 N–H and O–H groups in total. The Morgan fingerprint density at radius 3 is 2.59 bits per heavy atom. The largest absolute Gasteiger partial charge is 0.354 e. The second-order valence-corrected chi connectivity index (χ2v) is 7.34. The summed E-state index contributed by atoms with van der Waals surface area (Å²) in [6.45, 7) is 1.42. The quantitative estimate of drug-likeness (QED) is 0.745. The maximum Gasteiger partial charge on any atom is 0.266 e. The third-order valence-electron chi connectivity index (χ3n) is 5.33. The molecule has 2 aromatic carbocycles. The van der Waals surface area contributed by atoms with Crippen molar-refractivity contribution in [3.05, 3.63) is 77.1 Å². The number of hydrogen-bond donors (Lipinski definition) is 1. The standard InChI is InChI=1S/C23H24N4O2/c1-26-22(28)14-13-21(25-26)27-15-7-10-18(16-27)23(29)24-20-12-6-5-11-19(20)17-8-3-2-4-9-17/h2-6,8-9,11-14,18H,7,10,15-16H2,1H3,(H,24,29)/t18-/m0/s1. The smallest absolute Gasteiger partial charge is 0.266 e. The number of benzene rings is 2. The number of hydrogen-bond acceptors (Lipinski definition) is 4. The van der Waals surface area contributed by atoms with Gasteiger partial charge in [-0.15, -0.1) is 0 Å². The first-order chi connectivity index (χ1) is 14.1. The van der Waals surface area contributed by atoms with Gasteiger partial charge in [-0.25, -0.2) is 4.68 Å². The second kappa shape index (κ2) is 8.31. The highest BCUT2D eigenvalue weighted by molar-refractivity contribution is 5.97. The summed E-state index contributed by atoms with van der Waals surface area (Å²) in [5.41, 5.74) is 2.76. The number of nitrogens with zero attached hydrogens (tertiary/aromatic N) is 3. The van der Waals surface area contributed by atoms with Gasteiger partial charge >= 0.3 is 0 Å². The van der Waals surface area contributed by atoms with Gasteiger partial charge in [-0.2, -0.15) is 5.10 Å². The van der Waals surface area contributed by atoms with Crippen molar-refractivity contribution >= 4 is 17.4 Å². The zero-order chi connectivity index (χ0) is 20.2. The minimum absolute atomic E-state index is 0.0166. The van der Waals surface area contributed by atoms with Gasteiger partial charge < -0.3 is 10.2 Å². The van der Waals surface area contributed by atoms with Gasteiger partial charge in [0, 0.05) is 37.5 Å². The summed E-state index contributed by atoms with van der Waals surface area (Å²) >= 11 is 0.